The number of hydrogen-bond acceptors (Lipinski definition) is 2. The number of aryl methyl sites for hydroxylation is 1. The summed E-state index contributed by atoms with van der Waals surface area (Å²) in [6.07, 6.45) is 0. The van der Waals surface area contributed by atoms with Crippen LogP contribution in [0.5, 0.6) is 11.5 Å². The summed E-state index contributed by atoms with van der Waals surface area (Å²) < 4.78 is 6.86. The van der Waals surface area contributed by atoms with E-state index in [1.54, 1.807) is 0 Å². The van der Waals surface area contributed by atoms with Gasteiger partial charge in [-0.3, -0.25) is 0 Å². The van der Waals surface area contributed by atoms with Gasteiger partial charge in [-0.25, -0.2) is 0 Å². The largest absolute Gasteiger partial charge is 0.457 e. The monoisotopic (exact) mass is 291 g/mol. The maximum absolute atomic E-state index is 5.78. The van der Waals surface area contributed by atoms with Gasteiger partial charge < -0.3 is 10.5 Å². The molecule has 2 rings (SSSR count). The molecule has 0 unspecified atom stereocenters. The number of rotatable bonds is 3. The van der Waals surface area contributed by atoms with Gasteiger partial charge in [-0.2, -0.15) is 0 Å². The second-order valence-corrected chi connectivity index (χ2v) is 4.72. The lowest BCUT2D eigenvalue weighted by Gasteiger charge is -2.08. The predicted octanol–water partition coefficient (Wildman–Crippen LogP) is 4.01. The minimum atomic E-state index is 0.524. The van der Waals surface area contributed by atoms with Gasteiger partial charge in [0.2, 0.25) is 0 Å². The molecule has 0 radical (unpaired) electrons. The Morgan fingerprint density at radius 1 is 1.12 bits per heavy atom. The van der Waals surface area contributed by atoms with Crippen molar-refractivity contribution in [2.75, 3.05) is 0 Å². The Bertz CT molecular complexity index is 525. The SMILES string of the molecule is Cc1cc(Oc2cccc(CN)c2)ccc1Br. The van der Waals surface area contributed by atoms with Gasteiger partial charge in [0.1, 0.15) is 11.5 Å². The third kappa shape index (κ3) is 3.08. The minimum Gasteiger partial charge on any atom is -0.457 e. The molecule has 0 amide bonds. The standard InChI is InChI=1S/C14H14BrNO/c1-10-7-13(5-6-14(10)15)17-12-4-2-3-11(8-12)9-16/h2-8H,9,16H2,1H3. The van der Waals surface area contributed by atoms with Gasteiger partial charge in [0.15, 0.2) is 0 Å². The molecule has 0 bridgehead atoms. The number of nitrogens with two attached hydrogens (primary N) is 1. The van der Waals surface area contributed by atoms with Gasteiger partial charge in [0.25, 0.3) is 0 Å². The van der Waals surface area contributed by atoms with Crippen LogP contribution in [-0.4, -0.2) is 0 Å². The highest BCUT2D eigenvalue weighted by molar-refractivity contribution is 9.10. The van der Waals surface area contributed by atoms with E-state index in [9.17, 15) is 0 Å². The fraction of sp³-hybridized carbons (Fsp3) is 0.143. The van der Waals surface area contributed by atoms with Gasteiger partial charge in [-0.05, 0) is 48.4 Å². The molecule has 3 heteroatoms. The number of benzene rings is 2. The van der Waals surface area contributed by atoms with Crippen molar-refractivity contribution in [1.29, 1.82) is 0 Å². The fourth-order valence-electron chi connectivity index (χ4n) is 1.55. The van der Waals surface area contributed by atoms with Crippen LogP contribution in [0.15, 0.2) is 46.9 Å². The van der Waals surface area contributed by atoms with E-state index in [0.717, 1.165) is 27.1 Å². The molecule has 2 aromatic carbocycles. The lowest BCUT2D eigenvalue weighted by molar-refractivity contribution is 0.481. The Balaban J connectivity index is 2.22. The predicted molar refractivity (Wildman–Crippen MR) is 73.3 cm³/mol. The third-order valence-electron chi connectivity index (χ3n) is 2.50. The van der Waals surface area contributed by atoms with E-state index in [0.29, 0.717) is 6.54 Å². The zero-order valence-electron chi connectivity index (χ0n) is 9.61. The summed E-state index contributed by atoms with van der Waals surface area (Å²) in [5.41, 5.74) is 7.81. The molecule has 0 aliphatic carbocycles. The summed E-state index contributed by atoms with van der Waals surface area (Å²) >= 11 is 3.47. The second-order valence-electron chi connectivity index (χ2n) is 3.86. The van der Waals surface area contributed by atoms with E-state index in [2.05, 4.69) is 15.9 Å². The molecular formula is C14H14BrNO. The van der Waals surface area contributed by atoms with Gasteiger partial charge in [0, 0.05) is 11.0 Å². The molecule has 0 saturated carbocycles. The van der Waals surface area contributed by atoms with E-state index in [4.69, 9.17) is 10.5 Å². The minimum absolute atomic E-state index is 0.524. The van der Waals surface area contributed by atoms with Crippen molar-refractivity contribution < 1.29 is 4.74 Å². The normalized spacial score (nSPS) is 10.3. The summed E-state index contributed by atoms with van der Waals surface area (Å²) in [5, 5.41) is 0. The van der Waals surface area contributed by atoms with E-state index in [1.807, 2.05) is 49.4 Å². The zero-order valence-corrected chi connectivity index (χ0v) is 11.2. The molecule has 0 heterocycles. The van der Waals surface area contributed by atoms with Crippen LogP contribution in [0, 0.1) is 6.92 Å². The Kier molecular flexibility index (Phi) is 3.82. The highest BCUT2D eigenvalue weighted by Crippen LogP contribution is 2.26. The smallest absolute Gasteiger partial charge is 0.127 e. The van der Waals surface area contributed by atoms with E-state index < -0.39 is 0 Å². The fourth-order valence-corrected chi connectivity index (χ4v) is 1.80. The molecule has 0 saturated heterocycles. The van der Waals surface area contributed by atoms with Crippen LogP contribution in [-0.2, 0) is 6.54 Å². The molecule has 88 valence electrons. The summed E-state index contributed by atoms with van der Waals surface area (Å²) in [7, 11) is 0. The average molecular weight is 292 g/mol. The Hall–Kier alpha value is -1.32. The Labute approximate surface area is 110 Å². The number of hydrogen-bond donors (Lipinski definition) is 1. The van der Waals surface area contributed by atoms with E-state index in [-0.39, 0.29) is 0 Å². The molecule has 0 atom stereocenters. The summed E-state index contributed by atoms with van der Waals surface area (Å²) in [5.74, 6) is 1.65. The first kappa shape index (κ1) is 12.1. The van der Waals surface area contributed by atoms with Crippen LogP contribution in [0.1, 0.15) is 11.1 Å². The van der Waals surface area contributed by atoms with Crippen LogP contribution < -0.4 is 10.5 Å². The third-order valence-corrected chi connectivity index (χ3v) is 3.39. The second kappa shape index (κ2) is 5.34. The lowest BCUT2D eigenvalue weighted by Crippen LogP contribution is -1.96. The van der Waals surface area contributed by atoms with Crippen molar-refractivity contribution in [3.05, 3.63) is 58.1 Å². The van der Waals surface area contributed by atoms with Crippen molar-refractivity contribution in [3.63, 3.8) is 0 Å². The average Bonchev–Trinajstić information content (AvgIpc) is 2.34. The van der Waals surface area contributed by atoms with Crippen LogP contribution in [0.3, 0.4) is 0 Å². The molecule has 0 aliphatic rings. The molecule has 2 aromatic rings. The van der Waals surface area contributed by atoms with Crippen LogP contribution >= 0.6 is 15.9 Å². The Morgan fingerprint density at radius 2 is 1.88 bits per heavy atom. The van der Waals surface area contributed by atoms with Gasteiger partial charge in [0.05, 0.1) is 0 Å². The molecule has 0 fully saturated rings. The van der Waals surface area contributed by atoms with Crippen LogP contribution in [0.2, 0.25) is 0 Å². The van der Waals surface area contributed by atoms with Crippen molar-refractivity contribution in [3.8, 4) is 11.5 Å². The highest BCUT2D eigenvalue weighted by atomic mass is 79.9. The zero-order chi connectivity index (χ0) is 12.3. The van der Waals surface area contributed by atoms with Gasteiger partial charge >= 0.3 is 0 Å². The summed E-state index contributed by atoms with van der Waals surface area (Å²) in [4.78, 5) is 0. The first-order valence-electron chi connectivity index (χ1n) is 5.42. The van der Waals surface area contributed by atoms with Crippen molar-refractivity contribution in [2.24, 2.45) is 5.73 Å². The molecule has 0 aliphatic heterocycles. The molecule has 17 heavy (non-hydrogen) atoms. The topological polar surface area (TPSA) is 35.2 Å². The van der Waals surface area contributed by atoms with Crippen molar-refractivity contribution in [2.45, 2.75) is 13.5 Å². The number of halogens is 1. The summed E-state index contributed by atoms with van der Waals surface area (Å²) in [6.45, 7) is 2.56. The van der Waals surface area contributed by atoms with Crippen LogP contribution in [0.25, 0.3) is 0 Å². The molecule has 2 N–H and O–H groups in total. The Morgan fingerprint density at radius 3 is 2.59 bits per heavy atom. The van der Waals surface area contributed by atoms with Gasteiger partial charge in [-0.1, -0.05) is 28.1 Å². The number of ether oxygens (including phenoxy) is 1. The first-order chi connectivity index (χ1) is 8.19. The first-order valence-corrected chi connectivity index (χ1v) is 6.21. The highest BCUT2D eigenvalue weighted by Gasteiger charge is 2.00. The van der Waals surface area contributed by atoms with Crippen LogP contribution in [0.4, 0.5) is 0 Å². The lowest BCUT2D eigenvalue weighted by atomic mass is 10.2. The van der Waals surface area contributed by atoms with Crippen molar-refractivity contribution >= 4 is 15.9 Å². The molecule has 0 aromatic heterocycles. The molecule has 0 spiro atoms. The maximum Gasteiger partial charge on any atom is 0.127 e. The quantitative estimate of drug-likeness (QED) is 0.927. The van der Waals surface area contributed by atoms with E-state index in [1.165, 1.54) is 0 Å². The van der Waals surface area contributed by atoms with Crippen molar-refractivity contribution in [1.82, 2.24) is 0 Å². The maximum atomic E-state index is 5.78. The molecule has 2 nitrogen and oxygen atoms in total. The summed E-state index contributed by atoms with van der Waals surface area (Å²) in [6, 6.07) is 13.7. The van der Waals surface area contributed by atoms with E-state index >= 15 is 0 Å². The molecular weight excluding hydrogens is 278 g/mol. The van der Waals surface area contributed by atoms with Gasteiger partial charge in [-0.15, -0.1) is 0 Å².